The van der Waals surface area contributed by atoms with Gasteiger partial charge in [0.15, 0.2) is 5.78 Å². The number of carbonyl (C=O) groups excluding carboxylic acids is 2. The number of amides is 1. The summed E-state index contributed by atoms with van der Waals surface area (Å²) in [6.45, 7) is 12.5. The lowest BCUT2D eigenvalue weighted by molar-refractivity contribution is -0.128. The van der Waals surface area contributed by atoms with Gasteiger partial charge in [-0.25, -0.2) is 17.9 Å². The molecule has 1 N–H and O–H groups in total. The van der Waals surface area contributed by atoms with Gasteiger partial charge in [0.2, 0.25) is 0 Å². The van der Waals surface area contributed by atoms with Crippen LogP contribution in [-0.2, 0) is 19.6 Å². The van der Waals surface area contributed by atoms with Crippen molar-refractivity contribution in [2.24, 2.45) is 16.2 Å². The number of fused-ring (bicyclic) bond motifs is 3. The van der Waals surface area contributed by atoms with Gasteiger partial charge in [-0.1, -0.05) is 57.9 Å². The Morgan fingerprint density at radius 3 is 2.18 bits per heavy atom. The first kappa shape index (κ1) is 24.0. The number of hydrogen-bond donors (Lipinski definition) is 1. The van der Waals surface area contributed by atoms with Gasteiger partial charge in [-0.2, -0.15) is 0 Å². The zero-order chi connectivity index (χ0) is 24.4. The van der Waals surface area contributed by atoms with Crippen LogP contribution in [0.15, 0.2) is 40.3 Å². The van der Waals surface area contributed by atoms with E-state index in [9.17, 15) is 18.0 Å². The number of allylic oxidation sites excluding steroid dienone is 1. The minimum absolute atomic E-state index is 0.00426. The molecule has 1 fully saturated rings. The van der Waals surface area contributed by atoms with Crippen molar-refractivity contribution in [3.05, 3.63) is 41.0 Å². The van der Waals surface area contributed by atoms with E-state index in [-0.39, 0.29) is 26.9 Å². The second-order valence-corrected chi connectivity index (χ2v) is 14.1. The molecule has 33 heavy (non-hydrogen) atoms. The van der Waals surface area contributed by atoms with Gasteiger partial charge in [-0.05, 0) is 67.4 Å². The zero-order valence-corrected chi connectivity index (χ0v) is 21.3. The summed E-state index contributed by atoms with van der Waals surface area (Å²) in [5, 5.41) is 0. The van der Waals surface area contributed by atoms with Gasteiger partial charge in [0, 0.05) is 12.0 Å². The highest BCUT2D eigenvalue weighted by Gasteiger charge is 2.60. The molecule has 0 aromatic heterocycles. The molecule has 3 aliphatic rings. The smallest absolute Gasteiger partial charge is 0.422 e. The second kappa shape index (κ2) is 7.42. The molecule has 2 bridgehead atoms. The lowest BCUT2D eigenvalue weighted by Gasteiger charge is -2.58. The summed E-state index contributed by atoms with van der Waals surface area (Å²) in [5.74, 6) is 0.0233. The van der Waals surface area contributed by atoms with Crippen molar-refractivity contribution in [2.45, 2.75) is 90.6 Å². The van der Waals surface area contributed by atoms with Crippen molar-refractivity contribution in [1.82, 2.24) is 4.72 Å². The Hall–Kier alpha value is -2.15. The number of hydrogen-bond acceptors (Lipinski definition) is 5. The van der Waals surface area contributed by atoms with Crippen LogP contribution in [0.5, 0.6) is 0 Å². The second-order valence-electron chi connectivity index (χ2n) is 12.4. The van der Waals surface area contributed by atoms with Gasteiger partial charge in [0.25, 0.3) is 10.0 Å². The molecule has 2 unspecified atom stereocenters. The fourth-order valence-corrected chi connectivity index (χ4v) is 7.88. The van der Waals surface area contributed by atoms with Crippen LogP contribution in [0.1, 0.15) is 78.7 Å². The molecule has 7 heteroatoms. The maximum absolute atomic E-state index is 13.4. The van der Waals surface area contributed by atoms with Gasteiger partial charge in [0.1, 0.15) is 5.60 Å². The molecule has 0 saturated heterocycles. The molecule has 1 aromatic rings. The zero-order valence-electron chi connectivity index (χ0n) is 20.5. The van der Waals surface area contributed by atoms with E-state index in [2.05, 4.69) is 39.3 Å². The molecule has 0 aliphatic heterocycles. The van der Waals surface area contributed by atoms with Gasteiger partial charge >= 0.3 is 6.09 Å². The SMILES string of the molecule is Cc1ccc(S(=O)(=O)NC(=O)OC23CC(C)(C)CC(C)(CC4=C2C(=O)CC(C)(C)C4)C3)cc1. The van der Waals surface area contributed by atoms with Crippen molar-refractivity contribution in [1.29, 1.82) is 0 Å². The fraction of sp³-hybridized carbons (Fsp3) is 0.615. The topological polar surface area (TPSA) is 89.5 Å². The molecule has 6 nitrogen and oxygen atoms in total. The number of ketones is 1. The molecule has 4 rings (SSSR count). The quantitative estimate of drug-likeness (QED) is 0.630. The number of ether oxygens (including phenoxy) is 1. The Morgan fingerprint density at radius 1 is 0.909 bits per heavy atom. The van der Waals surface area contributed by atoms with E-state index in [1.807, 2.05) is 6.92 Å². The number of rotatable bonds is 3. The van der Waals surface area contributed by atoms with E-state index >= 15 is 0 Å². The van der Waals surface area contributed by atoms with Crippen LogP contribution < -0.4 is 4.72 Å². The first-order chi connectivity index (χ1) is 15.0. The first-order valence-corrected chi connectivity index (χ1v) is 13.1. The fourth-order valence-electron chi connectivity index (χ4n) is 7.01. The Balaban J connectivity index is 1.71. The predicted octanol–water partition coefficient (Wildman–Crippen LogP) is 5.45. The lowest BCUT2D eigenvalue weighted by atomic mass is 9.49. The third-order valence-electron chi connectivity index (χ3n) is 7.28. The van der Waals surface area contributed by atoms with Crippen molar-refractivity contribution >= 4 is 21.9 Å². The molecule has 0 spiro atoms. The monoisotopic (exact) mass is 473 g/mol. The maximum Gasteiger partial charge on any atom is 0.422 e. The van der Waals surface area contributed by atoms with E-state index in [1.165, 1.54) is 12.1 Å². The van der Waals surface area contributed by atoms with Gasteiger partial charge < -0.3 is 4.74 Å². The van der Waals surface area contributed by atoms with Crippen molar-refractivity contribution in [3.8, 4) is 0 Å². The van der Waals surface area contributed by atoms with E-state index in [0.29, 0.717) is 24.8 Å². The highest BCUT2D eigenvalue weighted by atomic mass is 32.2. The molecule has 0 heterocycles. The number of nitrogens with one attached hydrogen (secondary N) is 1. The Labute approximate surface area is 197 Å². The van der Waals surface area contributed by atoms with Crippen molar-refractivity contribution in [2.75, 3.05) is 0 Å². The number of sulfonamides is 1. The van der Waals surface area contributed by atoms with E-state index in [0.717, 1.165) is 30.4 Å². The summed E-state index contributed by atoms with van der Waals surface area (Å²) in [5.41, 5.74) is 1.10. The maximum atomic E-state index is 13.4. The van der Waals surface area contributed by atoms with Crippen LogP contribution in [0.25, 0.3) is 0 Å². The normalized spacial score (nSPS) is 30.4. The molecule has 3 aliphatic carbocycles. The van der Waals surface area contributed by atoms with Crippen LogP contribution in [0, 0.1) is 23.2 Å². The Morgan fingerprint density at radius 2 is 1.55 bits per heavy atom. The van der Waals surface area contributed by atoms with Crippen LogP contribution in [-0.4, -0.2) is 25.9 Å². The molecule has 1 saturated carbocycles. The van der Waals surface area contributed by atoms with E-state index < -0.39 is 21.7 Å². The summed E-state index contributed by atoms with van der Waals surface area (Å²) < 4.78 is 33.7. The summed E-state index contributed by atoms with van der Waals surface area (Å²) in [6.07, 6.45) is 2.97. The van der Waals surface area contributed by atoms with Crippen LogP contribution in [0.4, 0.5) is 4.79 Å². The lowest BCUT2D eigenvalue weighted by Crippen LogP contribution is -2.57. The summed E-state index contributed by atoms with van der Waals surface area (Å²) in [6, 6.07) is 6.26. The summed E-state index contributed by atoms with van der Waals surface area (Å²) >= 11 is 0. The van der Waals surface area contributed by atoms with Crippen molar-refractivity contribution < 1.29 is 22.7 Å². The summed E-state index contributed by atoms with van der Waals surface area (Å²) in [7, 11) is -4.09. The number of carbonyl (C=O) groups is 2. The molecule has 2 atom stereocenters. The van der Waals surface area contributed by atoms with Crippen molar-refractivity contribution in [3.63, 3.8) is 0 Å². The van der Waals surface area contributed by atoms with Crippen LogP contribution >= 0.6 is 0 Å². The number of Topliss-reactive ketones (excluding diaryl/α,β-unsaturated/α-hetero) is 1. The third-order valence-corrected chi connectivity index (χ3v) is 8.61. The molecule has 0 radical (unpaired) electrons. The largest absolute Gasteiger partial charge is 0.437 e. The molecule has 180 valence electrons. The third kappa shape index (κ3) is 4.61. The Kier molecular flexibility index (Phi) is 5.40. The minimum Gasteiger partial charge on any atom is -0.437 e. The number of aryl methyl sites for hydroxylation is 1. The average Bonchev–Trinajstić information content (AvgIpc) is 2.56. The van der Waals surface area contributed by atoms with Crippen LogP contribution in [0.3, 0.4) is 0 Å². The molecule has 1 amide bonds. The standard InChI is InChI=1S/C26H35NO5S/c1-17-7-9-19(10-8-17)33(30,31)27-22(29)32-26-15-24(4,5)14-25(6,16-26)12-18-11-23(2,3)13-20(28)21(18)26/h7-10H,11-16H2,1-6H3,(H,27,29). The highest BCUT2D eigenvalue weighted by molar-refractivity contribution is 7.90. The van der Waals surface area contributed by atoms with Gasteiger partial charge in [-0.15, -0.1) is 0 Å². The molecular weight excluding hydrogens is 438 g/mol. The molecule has 1 aromatic carbocycles. The van der Waals surface area contributed by atoms with Gasteiger partial charge in [0.05, 0.1) is 4.90 Å². The first-order valence-electron chi connectivity index (χ1n) is 11.6. The average molecular weight is 474 g/mol. The van der Waals surface area contributed by atoms with E-state index in [1.54, 1.807) is 12.1 Å². The molecular formula is C26H35NO5S. The van der Waals surface area contributed by atoms with E-state index in [4.69, 9.17) is 4.74 Å². The summed E-state index contributed by atoms with van der Waals surface area (Å²) in [4.78, 5) is 26.4. The highest BCUT2D eigenvalue weighted by Crippen LogP contribution is 2.62. The predicted molar refractivity (Wildman–Crippen MR) is 126 cm³/mol. The Bertz CT molecular complexity index is 1150. The number of benzene rings is 1. The minimum atomic E-state index is -4.09. The van der Waals surface area contributed by atoms with Gasteiger partial charge in [-0.3, -0.25) is 4.79 Å². The van der Waals surface area contributed by atoms with Crippen LogP contribution in [0.2, 0.25) is 0 Å².